The van der Waals surface area contributed by atoms with Crippen molar-refractivity contribution < 1.29 is 4.74 Å². The molecule has 0 radical (unpaired) electrons. The lowest BCUT2D eigenvalue weighted by Gasteiger charge is -2.20. The molecule has 0 saturated heterocycles. The van der Waals surface area contributed by atoms with E-state index in [9.17, 15) is 5.26 Å². The molecule has 134 valence electrons. The lowest BCUT2D eigenvalue weighted by Crippen LogP contribution is -2.10. The first kappa shape index (κ1) is 17.0. The predicted molar refractivity (Wildman–Crippen MR) is 101 cm³/mol. The summed E-state index contributed by atoms with van der Waals surface area (Å²) in [6.07, 6.45) is 10.3. The van der Waals surface area contributed by atoms with Crippen molar-refractivity contribution in [2.24, 2.45) is 0 Å². The van der Waals surface area contributed by atoms with Crippen LogP contribution in [0, 0.1) is 11.3 Å². The molecule has 0 aliphatic heterocycles. The quantitative estimate of drug-likeness (QED) is 0.737. The van der Waals surface area contributed by atoms with Gasteiger partial charge in [0.2, 0.25) is 5.88 Å². The highest BCUT2D eigenvalue weighted by atomic mass is 16.5. The summed E-state index contributed by atoms with van der Waals surface area (Å²) in [6, 6.07) is 8.32. The van der Waals surface area contributed by atoms with Crippen LogP contribution in [0.4, 0.5) is 0 Å². The Bertz CT molecular complexity index is 847. The molecule has 2 aromatic heterocycles. The fraction of sp³-hybridized carbons (Fsp3) is 0.500. The molecule has 26 heavy (non-hydrogen) atoms. The maximum atomic E-state index is 10.1. The van der Waals surface area contributed by atoms with Gasteiger partial charge in [-0.1, -0.05) is 25.3 Å². The van der Waals surface area contributed by atoms with Gasteiger partial charge >= 0.3 is 0 Å². The Morgan fingerprint density at radius 1 is 1.04 bits per heavy atom. The molecule has 4 nitrogen and oxygen atoms in total. The topological polar surface area (TPSA) is 58.8 Å². The Morgan fingerprint density at radius 3 is 2.62 bits per heavy atom. The highest BCUT2D eigenvalue weighted by Crippen LogP contribution is 2.40. The van der Waals surface area contributed by atoms with Gasteiger partial charge in [0.15, 0.2) is 0 Å². The van der Waals surface area contributed by atoms with E-state index in [2.05, 4.69) is 11.1 Å². The van der Waals surface area contributed by atoms with Gasteiger partial charge in [-0.05, 0) is 50.2 Å². The zero-order chi connectivity index (χ0) is 17.9. The Balaban J connectivity index is 1.97. The van der Waals surface area contributed by atoms with Crippen molar-refractivity contribution in [3.8, 4) is 23.2 Å². The smallest absolute Gasteiger partial charge is 0.213 e. The van der Waals surface area contributed by atoms with E-state index in [-0.39, 0.29) is 0 Å². The summed E-state index contributed by atoms with van der Waals surface area (Å²) < 4.78 is 5.34. The summed E-state index contributed by atoms with van der Waals surface area (Å²) in [4.78, 5) is 9.75. The van der Waals surface area contributed by atoms with Gasteiger partial charge in [0.25, 0.3) is 0 Å². The first-order chi connectivity index (χ1) is 12.8. The molecule has 2 aliphatic rings. The molecular formula is C22H25N3O. The van der Waals surface area contributed by atoms with Gasteiger partial charge in [0.05, 0.1) is 24.1 Å². The van der Waals surface area contributed by atoms with Crippen molar-refractivity contribution in [2.75, 3.05) is 7.11 Å². The van der Waals surface area contributed by atoms with Crippen LogP contribution < -0.4 is 4.74 Å². The third-order valence-electron chi connectivity index (χ3n) is 5.79. The Morgan fingerprint density at radius 2 is 1.85 bits per heavy atom. The first-order valence-corrected chi connectivity index (χ1v) is 9.79. The van der Waals surface area contributed by atoms with Crippen LogP contribution in [0.3, 0.4) is 0 Å². The number of pyridine rings is 2. The normalized spacial score (nSPS) is 17.4. The van der Waals surface area contributed by atoms with Gasteiger partial charge in [-0.2, -0.15) is 5.26 Å². The fourth-order valence-corrected chi connectivity index (χ4v) is 4.50. The van der Waals surface area contributed by atoms with Gasteiger partial charge in [-0.3, -0.25) is 4.98 Å². The van der Waals surface area contributed by atoms with Crippen LogP contribution in [0.25, 0.3) is 11.3 Å². The molecule has 4 rings (SSSR count). The fourth-order valence-electron chi connectivity index (χ4n) is 4.50. The summed E-state index contributed by atoms with van der Waals surface area (Å²) in [5.41, 5.74) is 6.06. The lowest BCUT2D eigenvalue weighted by molar-refractivity contribution is 0.398. The maximum absolute atomic E-state index is 10.1. The van der Waals surface area contributed by atoms with Crippen LogP contribution in [0.1, 0.15) is 73.4 Å². The van der Waals surface area contributed by atoms with E-state index in [0.717, 1.165) is 54.6 Å². The second-order valence-electron chi connectivity index (χ2n) is 7.39. The molecule has 0 bridgehead atoms. The highest BCUT2D eigenvalue weighted by molar-refractivity contribution is 5.74. The number of aromatic nitrogens is 2. The highest BCUT2D eigenvalue weighted by Gasteiger charge is 2.28. The molecule has 0 aromatic carbocycles. The summed E-state index contributed by atoms with van der Waals surface area (Å²) in [5, 5.41) is 10.1. The number of nitrogens with zero attached hydrogens (tertiary/aromatic N) is 3. The lowest BCUT2D eigenvalue weighted by atomic mass is 9.89. The van der Waals surface area contributed by atoms with Crippen LogP contribution in [-0.4, -0.2) is 17.1 Å². The molecular weight excluding hydrogens is 322 g/mol. The zero-order valence-corrected chi connectivity index (χ0v) is 15.4. The summed E-state index contributed by atoms with van der Waals surface area (Å²) in [5.74, 6) is 1.01. The Hall–Kier alpha value is -2.41. The van der Waals surface area contributed by atoms with Crippen LogP contribution in [0.2, 0.25) is 0 Å². The average molecular weight is 347 g/mol. The van der Waals surface area contributed by atoms with Gasteiger partial charge in [-0.25, -0.2) is 4.98 Å². The van der Waals surface area contributed by atoms with Crippen LogP contribution in [0.15, 0.2) is 18.2 Å². The molecule has 1 fully saturated rings. The number of nitriles is 1. The van der Waals surface area contributed by atoms with E-state index in [4.69, 9.17) is 9.72 Å². The monoisotopic (exact) mass is 347 g/mol. The standard InChI is InChI=1S/C22H25N3O/c1-26-20-13-7-12-19(24-20)21-16-10-3-2-4-11-18(16)25-22(17(21)14-23)15-8-5-6-9-15/h7,12-13,15H,2-6,8-11H2,1H3. The Labute approximate surface area is 155 Å². The summed E-state index contributed by atoms with van der Waals surface area (Å²) in [6.45, 7) is 0. The van der Waals surface area contributed by atoms with Crippen LogP contribution in [-0.2, 0) is 12.8 Å². The van der Waals surface area contributed by atoms with Crippen LogP contribution in [0.5, 0.6) is 5.88 Å². The number of aryl methyl sites for hydroxylation is 1. The molecule has 2 heterocycles. The summed E-state index contributed by atoms with van der Waals surface area (Å²) in [7, 11) is 1.63. The third-order valence-corrected chi connectivity index (χ3v) is 5.79. The van der Waals surface area contributed by atoms with Crippen molar-refractivity contribution in [3.63, 3.8) is 0 Å². The summed E-state index contributed by atoms with van der Waals surface area (Å²) >= 11 is 0. The molecule has 2 aromatic rings. The number of rotatable bonds is 3. The van der Waals surface area contributed by atoms with Gasteiger partial charge in [0, 0.05) is 23.2 Å². The minimum atomic E-state index is 0.419. The number of fused-ring (bicyclic) bond motifs is 1. The number of ether oxygens (including phenoxy) is 1. The molecule has 1 saturated carbocycles. The minimum Gasteiger partial charge on any atom is -0.481 e. The largest absolute Gasteiger partial charge is 0.481 e. The second-order valence-corrected chi connectivity index (χ2v) is 7.39. The van der Waals surface area contributed by atoms with Gasteiger partial charge in [0.1, 0.15) is 6.07 Å². The number of hydrogen-bond donors (Lipinski definition) is 0. The van der Waals surface area contributed by atoms with E-state index in [1.54, 1.807) is 7.11 Å². The van der Waals surface area contributed by atoms with Crippen molar-refractivity contribution in [3.05, 3.63) is 40.7 Å². The minimum absolute atomic E-state index is 0.419. The second kappa shape index (κ2) is 7.45. The molecule has 0 amide bonds. The van der Waals surface area contributed by atoms with E-state index in [1.807, 2.05) is 18.2 Å². The van der Waals surface area contributed by atoms with Crippen LogP contribution >= 0.6 is 0 Å². The van der Waals surface area contributed by atoms with E-state index in [1.165, 1.54) is 36.9 Å². The molecule has 2 aliphatic carbocycles. The maximum Gasteiger partial charge on any atom is 0.213 e. The average Bonchev–Trinajstić information content (AvgIpc) is 3.12. The number of methoxy groups -OCH3 is 1. The zero-order valence-electron chi connectivity index (χ0n) is 15.4. The van der Waals surface area contributed by atoms with Crippen molar-refractivity contribution in [1.29, 1.82) is 5.26 Å². The van der Waals surface area contributed by atoms with E-state index >= 15 is 0 Å². The SMILES string of the molecule is COc1cccc(-c2c(C#N)c(C3CCCC3)nc3c2CCCCC3)n1. The molecule has 0 unspecified atom stereocenters. The van der Waals surface area contributed by atoms with E-state index in [0.29, 0.717) is 11.8 Å². The molecule has 0 atom stereocenters. The predicted octanol–water partition coefficient (Wildman–Crippen LogP) is 4.95. The van der Waals surface area contributed by atoms with Crippen molar-refractivity contribution >= 4 is 0 Å². The number of hydrogen-bond acceptors (Lipinski definition) is 4. The molecule has 4 heteroatoms. The van der Waals surface area contributed by atoms with E-state index < -0.39 is 0 Å². The molecule has 0 spiro atoms. The third kappa shape index (κ3) is 3.07. The molecule has 0 N–H and O–H groups in total. The first-order valence-electron chi connectivity index (χ1n) is 9.79. The van der Waals surface area contributed by atoms with Crippen molar-refractivity contribution in [2.45, 2.75) is 63.7 Å². The van der Waals surface area contributed by atoms with Crippen molar-refractivity contribution in [1.82, 2.24) is 9.97 Å². The van der Waals surface area contributed by atoms with Gasteiger partial charge < -0.3 is 4.74 Å². The Kier molecular flexibility index (Phi) is 4.88. The van der Waals surface area contributed by atoms with Gasteiger partial charge in [-0.15, -0.1) is 0 Å².